The maximum Gasteiger partial charge on any atom is 0.253 e. The Bertz CT molecular complexity index is 1650. The van der Waals surface area contributed by atoms with Gasteiger partial charge < -0.3 is 31.1 Å². The molecule has 0 radical (unpaired) electrons. The average molecular weight is 771 g/mol. The van der Waals surface area contributed by atoms with Gasteiger partial charge in [-0.2, -0.15) is 0 Å². The van der Waals surface area contributed by atoms with Gasteiger partial charge in [0.2, 0.25) is 23.6 Å². The Morgan fingerprint density at radius 2 is 1.25 bits per heavy atom. The molecule has 12 nitrogen and oxygen atoms in total. The molecule has 1 aliphatic carbocycles. The van der Waals surface area contributed by atoms with E-state index in [2.05, 4.69) is 24.5 Å². The lowest BCUT2D eigenvalue weighted by Gasteiger charge is -2.40. The highest BCUT2D eigenvalue weighted by atomic mass is 16.2. The normalized spacial score (nSPS) is 21.8. The van der Waals surface area contributed by atoms with Gasteiger partial charge in [-0.05, 0) is 49.1 Å². The van der Waals surface area contributed by atoms with Crippen LogP contribution < -0.4 is 16.4 Å². The highest BCUT2D eigenvalue weighted by Gasteiger charge is 2.46. The molecule has 3 aliphatic rings. The molecule has 56 heavy (non-hydrogen) atoms. The van der Waals surface area contributed by atoms with Crippen LogP contribution in [-0.4, -0.2) is 101 Å². The summed E-state index contributed by atoms with van der Waals surface area (Å²) in [4.78, 5) is 84.8. The number of nitrogens with zero attached hydrogens (tertiary/aromatic N) is 3. The summed E-state index contributed by atoms with van der Waals surface area (Å²) in [7, 11) is 0. The molecule has 1 unspecified atom stereocenters. The summed E-state index contributed by atoms with van der Waals surface area (Å²) < 4.78 is 0. The quantitative estimate of drug-likeness (QED) is 0.160. The molecule has 1 saturated carbocycles. The van der Waals surface area contributed by atoms with E-state index in [0.29, 0.717) is 30.6 Å². The van der Waals surface area contributed by atoms with Crippen LogP contribution in [-0.2, 0) is 19.2 Å². The van der Waals surface area contributed by atoms with Crippen molar-refractivity contribution in [2.45, 2.75) is 115 Å². The van der Waals surface area contributed by atoms with Gasteiger partial charge in [0.25, 0.3) is 11.8 Å². The number of carbonyl (C=O) groups excluding carboxylic acids is 6. The molecule has 6 amide bonds. The minimum atomic E-state index is -0.809. The topological polar surface area (TPSA) is 162 Å². The number of benzene rings is 2. The van der Waals surface area contributed by atoms with Crippen molar-refractivity contribution in [1.29, 1.82) is 0 Å². The molecule has 12 heteroatoms. The zero-order chi connectivity index (χ0) is 40.0. The molecule has 3 fully saturated rings. The van der Waals surface area contributed by atoms with Crippen LogP contribution >= 0.6 is 0 Å². The molecule has 2 saturated heterocycles. The molecule has 2 aromatic rings. The summed E-state index contributed by atoms with van der Waals surface area (Å²) in [6.45, 7) is 5.60. The van der Waals surface area contributed by atoms with Gasteiger partial charge in [0.1, 0.15) is 6.04 Å². The van der Waals surface area contributed by atoms with Gasteiger partial charge in [-0.3, -0.25) is 28.8 Å². The molecule has 5 rings (SSSR count). The van der Waals surface area contributed by atoms with E-state index in [1.54, 1.807) is 34.1 Å². The standard InChI is InChI=1S/C44H62N6O6/c1-3-5-7-9-11-16-24-46-42(54)38-30-48(25-26-50(38)39(51)19-15-10-8-6-4-2)43(55)32-20-22-33(23-21-32)44(56)49-28-35(40(45)52)36(29-49)41(53)47-37-27-34(37)31-17-13-12-14-18-31/h12-14,17-18,20-23,34-38H,3-11,15-16,19,24-30H2,1-2H3,(H2,45,52)(H,46,54)(H,47,53)/t34-,35-,36-,37+,38?/m1/s1. The zero-order valence-corrected chi connectivity index (χ0v) is 33.4. The van der Waals surface area contributed by atoms with E-state index in [4.69, 9.17) is 5.73 Å². The summed E-state index contributed by atoms with van der Waals surface area (Å²) in [5.41, 5.74) is 7.54. The third kappa shape index (κ3) is 11.4. The predicted octanol–water partition coefficient (Wildman–Crippen LogP) is 5.02. The summed E-state index contributed by atoms with van der Waals surface area (Å²) in [6.07, 6.45) is 12.9. The van der Waals surface area contributed by atoms with Gasteiger partial charge in [-0.25, -0.2) is 0 Å². The van der Waals surface area contributed by atoms with Crippen molar-refractivity contribution in [1.82, 2.24) is 25.3 Å². The first-order valence-corrected chi connectivity index (χ1v) is 21.0. The third-order valence-corrected chi connectivity index (χ3v) is 11.6. The molecule has 4 N–H and O–H groups in total. The first-order valence-electron chi connectivity index (χ1n) is 21.0. The number of likely N-dealkylation sites (tertiary alicyclic amines) is 1. The Hall–Kier alpha value is -4.74. The fourth-order valence-electron chi connectivity index (χ4n) is 8.11. The number of carbonyl (C=O) groups is 6. The number of piperazine rings is 1. The minimum Gasteiger partial charge on any atom is -0.369 e. The molecule has 0 spiro atoms. The van der Waals surface area contributed by atoms with Gasteiger partial charge in [-0.15, -0.1) is 0 Å². The molecule has 2 aromatic carbocycles. The van der Waals surface area contributed by atoms with Crippen molar-refractivity contribution in [3.8, 4) is 0 Å². The second-order valence-corrected chi connectivity index (χ2v) is 15.8. The lowest BCUT2D eigenvalue weighted by atomic mass is 9.94. The van der Waals surface area contributed by atoms with E-state index in [0.717, 1.165) is 63.4 Å². The lowest BCUT2D eigenvalue weighted by Crippen LogP contribution is -2.61. The van der Waals surface area contributed by atoms with Crippen LogP contribution in [0.3, 0.4) is 0 Å². The van der Waals surface area contributed by atoms with E-state index in [-0.39, 0.29) is 67.7 Å². The fourth-order valence-corrected chi connectivity index (χ4v) is 8.11. The third-order valence-electron chi connectivity index (χ3n) is 11.6. The van der Waals surface area contributed by atoms with Crippen molar-refractivity contribution in [3.63, 3.8) is 0 Å². The fraction of sp³-hybridized carbons (Fsp3) is 0.591. The number of hydrogen-bond donors (Lipinski definition) is 3. The zero-order valence-electron chi connectivity index (χ0n) is 33.4. The number of amides is 6. The number of nitrogens with two attached hydrogens (primary N) is 1. The Morgan fingerprint density at radius 3 is 1.89 bits per heavy atom. The molecule has 2 heterocycles. The van der Waals surface area contributed by atoms with Crippen LogP contribution in [0.4, 0.5) is 0 Å². The van der Waals surface area contributed by atoms with Gasteiger partial charge in [0.15, 0.2) is 0 Å². The molecule has 2 aliphatic heterocycles. The predicted molar refractivity (Wildman–Crippen MR) is 215 cm³/mol. The summed E-state index contributed by atoms with van der Waals surface area (Å²) in [5.74, 6) is -3.18. The van der Waals surface area contributed by atoms with Gasteiger partial charge in [-0.1, -0.05) is 102 Å². The lowest BCUT2D eigenvalue weighted by molar-refractivity contribution is -0.143. The second-order valence-electron chi connectivity index (χ2n) is 15.8. The number of hydrogen-bond acceptors (Lipinski definition) is 6. The molecule has 5 atom stereocenters. The van der Waals surface area contributed by atoms with Crippen molar-refractivity contribution in [2.24, 2.45) is 17.6 Å². The van der Waals surface area contributed by atoms with E-state index in [1.807, 2.05) is 30.3 Å². The highest BCUT2D eigenvalue weighted by molar-refractivity contribution is 5.99. The summed E-state index contributed by atoms with van der Waals surface area (Å²) in [5, 5.41) is 6.09. The highest BCUT2D eigenvalue weighted by Crippen LogP contribution is 2.41. The van der Waals surface area contributed by atoms with Gasteiger partial charge >= 0.3 is 0 Å². The first-order chi connectivity index (χ1) is 27.1. The van der Waals surface area contributed by atoms with Crippen LogP contribution in [0, 0.1) is 11.8 Å². The Balaban J connectivity index is 1.17. The van der Waals surface area contributed by atoms with Crippen molar-refractivity contribution >= 4 is 35.4 Å². The Labute approximate surface area is 332 Å². The summed E-state index contributed by atoms with van der Waals surface area (Å²) >= 11 is 0. The van der Waals surface area contributed by atoms with Crippen LogP contribution in [0.1, 0.15) is 130 Å². The van der Waals surface area contributed by atoms with Crippen molar-refractivity contribution in [3.05, 3.63) is 71.3 Å². The van der Waals surface area contributed by atoms with Gasteiger partial charge in [0.05, 0.1) is 18.4 Å². The van der Waals surface area contributed by atoms with Crippen molar-refractivity contribution in [2.75, 3.05) is 39.3 Å². The van der Waals surface area contributed by atoms with Crippen LogP contribution in [0.15, 0.2) is 54.6 Å². The van der Waals surface area contributed by atoms with Crippen LogP contribution in [0.5, 0.6) is 0 Å². The van der Waals surface area contributed by atoms with Crippen LogP contribution in [0.25, 0.3) is 0 Å². The molecule has 0 bridgehead atoms. The SMILES string of the molecule is CCCCCCCCNC(=O)C1CN(C(=O)c2ccc(C(=O)N3C[C@@H](C(N)=O)[C@H](C(=O)N[C@H]4C[C@@H]4c4ccccc4)C3)cc2)CCN1C(=O)CCCCCCC. The molecular formula is C44H62N6O6. The van der Waals surface area contributed by atoms with Crippen molar-refractivity contribution < 1.29 is 28.8 Å². The van der Waals surface area contributed by atoms with Crippen LogP contribution in [0.2, 0.25) is 0 Å². The van der Waals surface area contributed by atoms with E-state index < -0.39 is 23.8 Å². The van der Waals surface area contributed by atoms with E-state index in [1.165, 1.54) is 24.2 Å². The largest absolute Gasteiger partial charge is 0.369 e. The number of unbranched alkanes of at least 4 members (excludes halogenated alkanes) is 9. The maximum absolute atomic E-state index is 13.8. The summed E-state index contributed by atoms with van der Waals surface area (Å²) in [6, 6.07) is 15.5. The minimum absolute atomic E-state index is 0.0215. The molecule has 0 aromatic heterocycles. The first kappa shape index (κ1) is 42.4. The van der Waals surface area contributed by atoms with E-state index in [9.17, 15) is 28.8 Å². The smallest absolute Gasteiger partial charge is 0.253 e. The Kier molecular flexibility index (Phi) is 15.9. The maximum atomic E-state index is 13.8. The monoisotopic (exact) mass is 770 g/mol. The number of rotatable bonds is 20. The van der Waals surface area contributed by atoms with Gasteiger partial charge in [0, 0.05) is 62.2 Å². The molecule has 304 valence electrons. The number of primary amides is 1. The van der Waals surface area contributed by atoms with E-state index >= 15 is 0 Å². The average Bonchev–Trinajstić information content (AvgIpc) is 3.83. The number of nitrogens with one attached hydrogen (secondary N) is 2. The Morgan fingerprint density at radius 1 is 0.661 bits per heavy atom. The second kappa shape index (κ2) is 21.0. The molecular weight excluding hydrogens is 709 g/mol.